The lowest BCUT2D eigenvalue weighted by Gasteiger charge is -2.39. The Bertz CT molecular complexity index is 1690. The largest absolute Gasteiger partial charge is 0.416 e. The molecule has 0 saturated carbocycles. The van der Waals surface area contributed by atoms with Gasteiger partial charge in [0.25, 0.3) is 0 Å². The summed E-state index contributed by atoms with van der Waals surface area (Å²) in [5, 5.41) is 0. The number of hydrogen-bond acceptors (Lipinski definition) is 0. The molecule has 0 saturated heterocycles. The van der Waals surface area contributed by atoms with Gasteiger partial charge in [-0.15, -0.1) is 0 Å². The molecule has 0 aliphatic heterocycles. The molecule has 0 unspecified atom stereocenters. The van der Waals surface area contributed by atoms with Crippen molar-refractivity contribution >= 4 is 0 Å². The topological polar surface area (TPSA) is 0 Å². The third-order valence-electron chi connectivity index (χ3n) is 8.08. The third-order valence-corrected chi connectivity index (χ3v) is 8.08. The van der Waals surface area contributed by atoms with E-state index in [0.717, 1.165) is 0 Å². The normalized spacial score (nSPS) is 14.3. The summed E-state index contributed by atoms with van der Waals surface area (Å²) in [7, 11) is 0. The molecule has 0 aromatic heterocycles. The zero-order valence-electron chi connectivity index (χ0n) is 26.5. The summed E-state index contributed by atoms with van der Waals surface area (Å²) < 4.78 is 341. The Hall–Kier alpha value is -4.80. The molecule has 0 aliphatic carbocycles. The molecule has 0 amide bonds. The summed E-state index contributed by atoms with van der Waals surface area (Å²) in [5.41, 5.74) is -35.2. The van der Waals surface area contributed by atoms with Gasteiger partial charge in [-0.1, -0.05) is 0 Å². The highest BCUT2D eigenvalue weighted by Gasteiger charge is 2.50. The molecule has 0 aliphatic rings. The van der Waals surface area contributed by atoms with Crippen LogP contribution in [0.15, 0.2) is 72.8 Å². The first-order chi connectivity index (χ1) is 25.3. The molecule has 0 spiro atoms. The first-order valence-electron chi connectivity index (χ1n) is 14.5. The first-order valence-corrected chi connectivity index (χ1v) is 14.5. The van der Waals surface area contributed by atoms with Gasteiger partial charge in [0.1, 0.15) is 0 Å². The van der Waals surface area contributed by atoms with Crippen LogP contribution in [0.4, 0.5) is 105 Å². The molecule has 0 bridgehead atoms. The van der Waals surface area contributed by atoms with Crippen molar-refractivity contribution < 1.29 is 105 Å². The predicted octanol–water partition coefficient (Wildman–Crippen LogP) is 14.2. The van der Waals surface area contributed by atoms with Gasteiger partial charge in [-0.3, -0.25) is 0 Å². The van der Waals surface area contributed by atoms with Gasteiger partial charge in [-0.05, 0) is 95.1 Å². The molecule has 4 rings (SSSR count). The Labute approximate surface area is 300 Å². The summed E-state index contributed by atoms with van der Waals surface area (Å²) in [6, 6.07) is -9.07. The van der Waals surface area contributed by atoms with Crippen LogP contribution in [0, 0.1) is 0 Å². The fraction of sp³-hybridized carbons (Fsp3) is 0.273. The lowest BCUT2D eigenvalue weighted by atomic mass is 9.63. The Morgan fingerprint density at radius 1 is 0.158 bits per heavy atom. The summed E-state index contributed by atoms with van der Waals surface area (Å²) in [6.45, 7) is 0. The smallest absolute Gasteiger partial charge is 0.166 e. The molecule has 4 aromatic carbocycles. The van der Waals surface area contributed by atoms with E-state index in [1.807, 2.05) is 0 Å². The minimum atomic E-state index is -6.14. The standard InChI is InChI=1S/C33H12F24/c34-26(35,36)17-1-13(2-18(9-17)27(37,38)39)25(14-3-19(28(40,41)42)10-20(4-14)29(43,44)45,15-5-21(30(46,47)48)11-22(6-15)31(49,50)51)16-7-23(32(52,53)54)12-24(8-16)33(55,56)57/h1-12H. The van der Waals surface area contributed by atoms with Crippen LogP contribution in [0.1, 0.15) is 66.8 Å². The van der Waals surface area contributed by atoms with Crippen molar-refractivity contribution in [1.82, 2.24) is 0 Å². The van der Waals surface area contributed by atoms with Gasteiger partial charge >= 0.3 is 49.4 Å². The maximum Gasteiger partial charge on any atom is 0.416 e. The van der Waals surface area contributed by atoms with Crippen molar-refractivity contribution in [2.24, 2.45) is 0 Å². The molecule has 0 atom stereocenters. The monoisotopic (exact) mass is 864 g/mol. The zero-order valence-corrected chi connectivity index (χ0v) is 26.5. The molecule has 0 N–H and O–H groups in total. The molecule has 0 radical (unpaired) electrons. The van der Waals surface area contributed by atoms with Gasteiger partial charge in [0.2, 0.25) is 0 Å². The van der Waals surface area contributed by atoms with Gasteiger partial charge < -0.3 is 0 Å². The van der Waals surface area contributed by atoms with E-state index in [-0.39, 0.29) is 0 Å². The van der Waals surface area contributed by atoms with E-state index in [1.165, 1.54) is 0 Å². The average Bonchev–Trinajstić information content (AvgIpc) is 3.01. The second-order valence-corrected chi connectivity index (χ2v) is 11.9. The maximum absolute atomic E-state index is 14.2. The van der Waals surface area contributed by atoms with Crippen molar-refractivity contribution in [1.29, 1.82) is 0 Å². The van der Waals surface area contributed by atoms with E-state index in [4.69, 9.17) is 0 Å². The molecule has 57 heavy (non-hydrogen) atoms. The van der Waals surface area contributed by atoms with Crippen LogP contribution in [0.5, 0.6) is 0 Å². The van der Waals surface area contributed by atoms with Crippen molar-refractivity contribution in [2.75, 3.05) is 0 Å². The van der Waals surface area contributed by atoms with Crippen LogP contribution in [0.25, 0.3) is 0 Å². The number of hydrogen-bond donors (Lipinski definition) is 0. The second-order valence-electron chi connectivity index (χ2n) is 11.9. The van der Waals surface area contributed by atoms with Crippen LogP contribution in [0.3, 0.4) is 0 Å². The molecule has 4 aromatic rings. The highest BCUT2D eigenvalue weighted by Crippen LogP contribution is 2.54. The lowest BCUT2D eigenvalue weighted by molar-refractivity contribution is -0.144. The molecule has 312 valence electrons. The Morgan fingerprint density at radius 2 is 0.246 bits per heavy atom. The lowest BCUT2D eigenvalue weighted by Crippen LogP contribution is -2.34. The highest BCUT2D eigenvalue weighted by atomic mass is 19.4. The quantitative estimate of drug-likeness (QED) is 0.142. The summed E-state index contributed by atoms with van der Waals surface area (Å²) >= 11 is 0. The Balaban J connectivity index is 2.62. The van der Waals surface area contributed by atoms with Crippen molar-refractivity contribution in [3.63, 3.8) is 0 Å². The average molecular weight is 864 g/mol. The van der Waals surface area contributed by atoms with Gasteiger partial charge in [-0.25, -0.2) is 0 Å². The SMILES string of the molecule is FC(F)(F)c1cc(C(F)(F)F)cc(C(c2cc(C(F)(F)F)cc(C(F)(F)F)c2)(c2cc(C(F)(F)F)cc(C(F)(F)F)c2)c2cc(C(F)(F)F)cc(C(F)(F)F)c2)c1. The number of benzene rings is 4. The highest BCUT2D eigenvalue weighted by molar-refractivity contribution is 5.64. The van der Waals surface area contributed by atoms with E-state index < -0.39 is 194 Å². The molecule has 0 fully saturated rings. The molecule has 0 nitrogen and oxygen atoms in total. The van der Waals surface area contributed by atoms with E-state index in [1.54, 1.807) is 0 Å². The van der Waals surface area contributed by atoms with Crippen LogP contribution >= 0.6 is 0 Å². The fourth-order valence-electron chi connectivity index (χ4n) is 5.69. The second kappa shape index (κ2) is 13.7. The fourth-order valence-corrected chi connectivity index (χ4v) is 5.69. The van der Waals surface area contributed by atoms with Gasteiger partial charge in [-0.2, -0.15) is 105 Å². The minimum absolute atomic E-state index is 0.718. The number of rotatable bonds is 4. The third kappa shape index (κ3) is 9.34. The first kappa shape index (κ1) is 44.9. The maximum atomic E-state index is 14.2. The molecular formula is C33H12F24. The van der Waals surface area contributed by atoms with Gasteiger partial charge in [0, 0.05) is 0 Å². The zero-order chi connectivity index (χ0) is 43.9. The summed E-state index contributed by atoms with van der Waals surface area (Å²) in [5.74, 6) is 0. The molecule has 24 heteroatoms. The van der Waals surface area contributed by atoms with Crippen molar-refractivity contribution in [3.8, 4) is 0 Å². The summed E-state index contributed by atoms with van der Waals surface area (Å²) in [6.07, 6.45) is -49.1. The van der Waals surface area contributed by atoms with E-state index >= 15 is 0 Å². The van der Waals surface area contributed by atoms with Gasteiger partial charge in [0.15, 0.2) is 0 Å². The van der Waals surface area contributed by atoms with E-state index in [2.05, 4.69) is 0 Å². The predicted molar refractivity (Wildman–Crippen MR) is 145 cm³/mol. The van der Waals surface area contributed by atoms with E-state index in [9.17, 15) is 105 Å². The van der Waals surface area contributed by atoms with Gasteiger partial charge in [0.05, 0.1) is 49.9 Å². The van der Waals surface area contributed by atoms with Crippen LogP contribution in [-0.2, 0) is 54.8 Å². The van der Waals surface area contributed by atoms with Crippen LogP contribution in [0.2, 0.25) is 0 Å². The summed E-state index contributed by atoms with van der Waals surface area (Å²) in [4.78, 5) is 0. The Morgan fingerprint density at radius 3 is 0.333 bits per heavy atom. The van der Waals surface area contributed by atoms with E-state index in [0.29, 0.717) is 0 Å². The van der Waals surface area contributed by atoms with Crippen molar-refractivity contribution in [3.05, 3.63) is 140 Å². The van der Waals surface area contributed by atoms with Crippen LogP contribution in [-0.4, -0.2) is 0 Å². The number of alkyl halides is 24. The molecule has 0 heterocycles. The van der Waals surface area contributed by atoms with Crippen LogP contribution < -0.4 is 0 Å². The number of halogens is 24. The van der Waals surface area contributed by atoms with Crippen molar-refractivity contribution in [2.45, 2.75) is 54.8 Å². The Kier molecular flexibility index (Phi) is 10.8. The minimum Gasteiger partial charge on any atom is -0.166 e. The molecular weight excluding hydrogens is 852 g/mol.